The molecular weight excluding hydrogens is 418 g/mol. The van der Waals surface area contributed by atoms with Gasteiger partial charge in [-0.05, 0) is 42.6 Å². The molecule has 0 aromatic heterocycles. The van der Waals surface area contributed by atoms with Gasteiger partial charge >= 0.3 is 5.97 Å². The fourth-order valence-corrected chi connectivity index (χ4v) is 3.80. The average molecular weight is 444 g/mol. The van der Waals surface area contributed by atoms with Crippen molar-refractivity contribution in [1.29, 1.82) is 0 Å². The van der Waals surface area contributed by atoms with Crippen LogP contribution < -0.4 is 16.0 Å². The first-order chi connectivity index (χ1) is 14.9. The fraction of sp³-hybridized carbons (Fsp3) is 0.348. The molecule has 0 aliphatic carbocycles. The number of hydrogen-bond acceptors (Lipinski definition) is 4. The highest BCUT2D eigenvalue weighted by Crippen LogP contribution is 2.22. The topological polar surface area (TPSA) is 108 Å². The second kappa shape index (κ2) is 10.9. The van der Waals surface area contributed by atoms with Gasteiger partial charge in [0.2, 0.25) is 11.8 Å². The van der Waals surface area contributed by atoms with Crippen LogP contribution in [0.25, 0.3) is 0 Å². The third kappa shape index (κ3) is 6.54. The van der Waals surface area contributed by atoms with Crippen molar-refractivity contribution < 1.29 is 19.5 Å². The number of carboxylic acids is 1. The van der Waals surface area contributed by atoms with E-state index < -0.39 is 17.9 Å². The molecule has 3 rings (SSSR count). The number of hydrogen-bond donors (Lipinski definition) is 4. The van der Waals surface area contributed by atoms with Crippen LogP contribution in [0.2, 0.25) is 5.02 Å². The molecule has 0 saturated carbocycles. The van der Waals surface area contributed by atoms with Gasteiger partial charge in [0, 0.05) is 23.9 Å². The molecule has 1 fully saturated rings. The maximum Gasteiger partial charge on any atom is 0.330 e. The standard InChI is InChI=1S/C23H26ClN3O4/c24-18-10-8-15(9-11-18)17(14-26-22(29)19-7-4-12-25-19)13-20(28)27-21(23(30)31)16-5-2-1-3-6-16/h1-3,5-6,8-11,17,19,21,25H,4,7,12-14H2,(H,26,29)(H,27,28)(H,30,31). The summed E-state index contributed by atoms with van der Waals surface area (Å²) in [6, 6.07) is 14.3. The number of carbonyl (C=O) groups excluding carboxylic acids is 2. The zero-order chi connectivity index (χ0) is 22.2. The summed E-state index contributed by atoms with van der Waals surface area (Å²) in [5.41, 5.74) is 1.33. The molecule has 2 amide bonds. The summed E-state index contributed by atoms with van der Waals surface area (Å²) >= 11 is 5.98. The third-order valence-corrected chi connectivity index (χ3v) is 5.61. The Morgan fingerprint density at radius 1 is 1.06 bits per heavy atom. The summed E-state index contributed by atoms with van der Waals surface area (Å²) in [5.74, 6) is -1.97. The van der Waals surface area contributed by atoms with Crippen LogP contribution in [0.5, 0.6) is 0 Å². The van der Waals surface area contributed by atoms with E-state index in [1.54, 1.807) is 42.5 Å². The van der Waals surface area contributed by atoms with Crippen molar-refractivity contribution in [3.05, 3.63) is 70.7 Å². The summed E-state index contributed by atoms with van der Waals surface area (Å²) in [4.78, 5) is 36.9. The van der Waals surface area contributed by atoms with Crippen LogP contribution in [0.1, 0.15) is 42.3 Å². The number of carbonyl (C=O) groups is 3. The first kappa shape index (κ1) is 22.8. The van der Waals surface area contributed by atoms with Gasteiger partial charge in [-0.2, -0.15) is 0 Å². The largest absolute Gasteiger partial charge is 0.479 e. The van der Waals surface area contributed by atoms with E-state index in [0.29, 0.717) is 10.6 Å². The van der Waals surface area contributed by atoms with Crippen molar-refractivity contribution in [2.75, 3.05) is 13.1 Å². The van der Waals surface area contributed by atoms with Gasteiger partial charge in [0.05, 0.1) is 6.04 Å². The molecule has 0 bridgehead atoms. The lowest BCUT2D eigenvalue weighted by atomic mass is 9.94. The molecule has 1 aliphatic rings. The summed E-state index contributed by atoms with van der Waals surface area (Å²) < 4.78 is 0. The van der Waals surface area contributed by atoms with Crippen LogP contribution in [-0.2, 0) is 14.4 Å². The SMILES string of the molecule is O=C(CC(CNC(=O)C1CCCN1)c1ccc(Cl)cc1)NC(C(=O)O)c1ccccc1. The van der Waals surface area contributed by atoms with Crippen LogP contribution in [0.3, 0.4) is 0 Å². The van der Waals surface area contributed by atoms with Gasteiger partial charge in [-0.15, -0.1) is 0 Å². The monoisotopic (exact) mass is 443 g/mol. The molecule has 2 aromatic rings. The van der Waals surface area contributed by atoms with Crippen LogP contribution in [0.4, 0.5) is 0 Å². The lowest BCUT2D eigenvalue weighted by Gasteiger charge is -2.21. The number of rotatable bonds is 9. The van der Waals surface area contributed by atoms with Crippen LogP contribution in [0, 0.1) is 0 Å². The van der Waals surface area contributed by atoms with Crippen LogP contribution in [0.15, 0.2) is 54.6 Å². The first-order valence-corrected chi connectivity index (χ1v) is 10.7. The Labute approximate surface area is 186 Å². The van der Waals surface area contributed by atoms with Crippen molar-refractivity contribution >= 4 is 29.4 Å². The zero-order valence-corrected chi connectivity index (χ0v) is 17.8. The number of benzene rings is 2. The number of aliphatic carboxylic acids is 1. The van der Waals surface area contributed by atoms with E-state index in [1.165, 1.54) is 0 Å². The Bertz CT molecular complexity index is 899. The molecule has 2 aromatic carbocycles. The van der Waals surface area contributed by atoms with E-state index in [4.69, 9.17) is 11.6 Å². The lowest BCUT2D eigenvalue weighted by molar-refractivity contribution is -0.142. The molecule has 8 heteroatoms. The second-order valence-electron chi connectivity index (χ2n) is 7.60. The first-order valence-electron chi connectivity index (χ1n) is 10.3. The quantitative estimate of drug-likeness (QED) is 0.476. The maximum absolute atomic E-state index is 12.8. The van der Waals surface area contributed by atoms with Crippen molar-refractivity contribution in [2.45, 2.75) is 37.3 Å². The van der Waals surface area contributed by atoms with E-state index in [1.807, 2.05) is 12.1 Å². The predicted octanol–water partition coefficient (Wildman–Crippen LogP) is 2.62. The van der Waals surface area contributed by atoms with Crippen molar-refractivity contribution in [2.24, 2.45) is 0 Å². The molecule has 0 spiro atoms. The average Bonchev–Trinajstić information content (AvgIpc) is 3.31. The second-order valence-corrected chi connectivity index (χ2v) is 8.03. The highest BCUT2D eigenvalue weighted by atomic mass is 35.5. The van der Waals surface area contributed by atoms with E-state index >= 15 is 0 Å². The van der Waals surface area contributed by atoms with Gasteiger partial charge in [0.25, 0.3) is 0 Å². The van der Waals surface area contributed by atoms with Crippen LogP contribution >= 0.6 is 11.6 Å². The summed E-state index contributed by atoms with van der Waals surface area (Å²) in [5, 5.41) is 18.8. The minimum atomic E-state index is -1.14. The summed E-state index contributed by atoms with van der Waals surface area (Å²) in [6.07, 6.45) is 1.77. The molecule has 1 saturated heterocycles. The van der Waals surface area contributed by atoms with Gasteiger partial charge in [0.1, 0.15) is 0 Å². The molecule has 31 heavy (non-hydrogen) atoms. The third-order valence-electron chi connectivity index (χ3n) is 5.36. The highest BCUT2D eigenvalue weighted by Gasteiger charge is 2.26. The molecule has 3 atom stereocenters. The van der Waals surface area contributed by atoms with E-state index in [0.717, 1.165) is 24.9 Å². The Morgan fingerprint density at radius 3 is 2.39 bits per heavy atom. The Kier molecular flexibility index (Phi) is 8.03. The number of carboxylic acid groups (broad SMARTS) is 1. The van der Waals surface area contributed by atoms with Crippen molar-refractivity contribution in [3.63, 3.8) is 0 Å². The van der Waals surface area contributed by atoms with Crippen LogP contribution in [-0.4, -0.2) is 42.0 Å². The minimum Gasteiger partial charge on any atom is -0.479 e. The Morgan fingerprint density at radius 2 is 1.77 bits per heavy atom. The Hall–Kier alpha value is -2.90. The van der Waals surface area contributed by atoms with Crippen molar-refractivity contribution in [1.82, 2.24) is 16.0 Å². The molecule has 1 heterocycles. The predicted molar refractivity (Wildman–Crippen MR) is 118 cm³/mol. The normalized spacial score (nSPS) is 17.5. The smallest absolute Gasteiger partial charge is 0.330 e. The number of amides is 2. The minimum absolute atomic E-state index is 0.0244. The summed E-state index contributed by atoms with van der Waals surface area (Å²) in [6.45, 7) is 1.08. The molecule has 0 radical (unpaired) electrons. The van der Waals surface area contributed by atoms with Crippen molar-refractivity contribution in [3.8, 4) is 0 Å². The van der Waals surface area contributed by atoms with E-state index in [2.05, 4.69) is 16.0 Å². The van der Waals surface area contributed by atoms with Gasteiger partial charge in [0.15, 0.2) is 6.04 Å². The molecule has 3 unspecified atom stereocenters. The fourth-order valence-electron chi connectivity index (χ4n) is 3.67. The number of halogens is 1. The van der Waals surface area contributed by atoms with Gasteiger partial charge < -0.3 is 21.1 Å². The molecule has 164 valence electrons. The van der Waals surface area contributed by atoms with E-state index in [-0.39, 0.29) is 30.8 Å². The molecular formula is C23H26ClN3O4. The van der Waals surface area contributed by atoms with Gasteiger partial charge in [-0.3, -0.25) is 9.59 Å². The molecule has 4 N–H and O–H groups in total. The highest BCUT2D eigenvalue weighted by molar-refractivity contribution is 6.30. The maximum atomic E-state index is 12.8. The lowest BCUT2D eigenvalue weighted by Crippen LogP contribution is -2.42. The molecule has 7 nitrogen and oxygen atoms in total. The molecule has 1 aliphatic heterocycles. The number of nitrogens with one attached hydrogen (secondary N) is 3. The van der Waals surface area contributed by atoms with Gasteiger partial charge in [-0.25, -0.2) is 4.79 Å². The zero-order valence-electron chi connectivity index (χ0n) is 17.0. The van der Waals surface area contributed by atoms with E-state index in [9.17, 15) is 19.5 Å². The van der Waals surface area contributed by atoms with Gasteiger partial charge in [-0.1, -0.05) is 54.1 Å². The Balaban J connectivity index is 1.69. The summed E-state index contributed by atoms with van der Waals surface area (Å²) in [7, 11) is 0.